The molecule has 4 nitrogen and oxygen atoms in total. The number of nitrogens with zero attached hydrogens (tertiary/aromatic N) is 1. The molecule has 0 amide bonds. The number of benzene rings is 1. The summed E-state index contributed by atoms with van der Waals surface area (Å²) in [4.78, 5) is 0. The lowest BCUT2D eigenvalue weighted by Gasteiger charge is -1.98. The van der Waals surface area contributed by atoms with Crippen LogP contribution in [0.2, 0.25) is 0 Å². The largest absolute Gasteiger partial charge is 0.497 e. The van der Waals surface area contributed by atoms with Crippen molar-refractivity contribution in [3.05, 3.63) is 35.9 Å². The van der Waals surface area contributed by atoms with E-state index in [0.29, 0.717) is 0 Å². The Bertz CT molecular complexity index is 398. The molecule has 0 fully saturated rings. The number of nitrogens with one attached hydrogen (secondary N) is 1. The van der Waals surface area contributed by atoms with Crippen LogP contribution in [0.25, 0.3) is 6.08 Å². The summed E-state index contributed by atoms with van der Waals surface area (Å²) in [6.45, 7) is 0. The van der Waals surface area contributed by atoms with E-state index in [4.69, 9.17) is 10.5 Å². The third kappa shape index (κ3) is 4.56. The predicted molar refractivity (Wildman–Crippen MR) is 70.4 cm³/mol. The second kappa shape index (κ2) is 6.58. The quantitative estimate of drug-likeness (QED) is 0.472. The molecule has 0 aromatic heterocycles. The van der Waals surface area contributed by atoms with Crippen LogP contribution in [0, 0.1) is 0 Å². The van der Waals surface area contributed by atoms with Crippen molar-refractivity contribution in [2.45, 2.75) is 0 Å². The Hall–Kier alpha value is -1.88. The van der Waals surface area contributed by atoms with E-state index in [1.54, 1.807) is 19.4 Å². The van der Waals surface area contributed by atoms with E-state index in [1.165, 1.54) is 0 Å². The SMILES string of the molecule is COc1ccc(/C=C\C=NNC(N)=S)cc1. The van der Waals surface area contributed by atoms with E-state index >= 15 is 0 Å². The van der Waals surface area contributed by atoms with Gasteiger partial charge in [-0.05, 0) is 36.0 Å². The van der Waals surface area contributed by atoms with Crippen molar-refractivity contribution < 1.29 is 4.74 Å². The Morgan fingerprint density at radius 1 is 1.44 bits per heavy atom. The molecule has 1 aromatic rings. The van der Waals surface area contributed by atoms with E-state index in [-0.39, 0.29) is 5.11 Å². The number of thiocarbonyl (C=S) groups is 1. The average molecular weight is 235 g/mol. The fraction of sp³-hybridized carbons (Fsp3) is 0.0909. The number of allylic oxidation sites excluding steroid dienone is 1. The van der Waals surface area contributed by atoms with Gasteiger partial charge in [0.2, 0.25) is 0 Å². The van der Waals surface area contributed by atoms with Crippen LogP contribution in [0.3, 0.4) is 0 Å². The molecule has 0 radical (unpaired) electrons. The standard InChI is InChI=1S/C11H13N3OS/c1-15-10-6-4-9(5-7-10)3-2-8-13-14-11(12)16/h2-8H,1H3,(H3,12,14,16)/b3-2-,13-8?. The second-order valence-corrected chi connectivity index (χ2v) is 3.33. The van der Waals surface area contributed by atoms with E-state index in [1.807, 2.05) is 30.3 Å². The smallest absolute Gasteiger partial charge is 0.184 e. The van der Waals surface area contributed by atoms with Gasteiger partial charge in [0.1, 0.15) is 5.75 Å². The highest BCUT2D eigenvalue weighted by Gasteiger charge is 1.88. The minimum absolute atomic E-state index is 0.147. The van der Waals surface area contributed by atoms with E-state index in [9.17, 15) is 0 Å². The van der Waals surface area contributed by atoms with Crippen LogP contribution in [-0.2, 0) is 0 Å². The first-order chi connectivity index (χ1) is 7.72. The summed E-state index contributed by atoms with van der Waals surface area (Å²) in [7, 11) is 1.64. The van der Waals surface area contributed by atoms with Gasteiger partial charge in [0.15, 0.2) is 5.11 Å². The Morgan fingerprint density at radius 3 is 2.69 bits per heavy atom. The van der Waals surface area contributed by atoms with E-state index in [2.05, 4.69) is 22.7 Å². The maximum absolute atomic E-state index is 5.19. The number of hydrogen-bond donors (Lipinski definition) is 2. The van der Waals surface area contributed by atoms with Gasteiger partial charge in [0.05, 0.1) is 7.11 Å². The fourth-order valence-electron chi connectivity index (χ4n) is 1.01. The molecule has 1 rings (SSSR count). The molecule has 3 N–H and O–H groups in total. The molecule has 0 atom stereocenters. The zero-order valence-electron chi connectivity index (χ0n) is 8.88. The highest BCUT2D eigenvalue weighted by molar-refractivity contribution is 7.80. The molecular weight excluding hydrogens is 222 g/mol. The van der Waals surface area contributed by atoms with Crippen molar-refractivity contribution in [2.75, 3.05) is 7.11 Å². The molecule has 0 saturated heterocycles. The summed E-state index contributed by atoms with van der Waals surface area (Å²) in [6.07, 6.45) is 5.26. The zero-order valence-corrected chi connectivity index (χ0v) is 9.70. The number of hydrazone groups is 1. The molecule has 0 heterocycles. The highest BCUT2D eigenvalue weighted by atomic mass is 32.1. The Labute approximate surface area is 99.8 Å². The molecule has 16 heavy (non-hydrogen) atoms. The first-order valence-corrected chi connectivity index (χ1v) is 5.02. The molecule has 1 aromatic carbocycles. The summed E-state index contributed by atoms with van der Waals surface area (Å²) < 4.78 is 5.05. The van der Waals surface area contributed by atoms with Crippen molar-refractivity contribution >= 4 is 29.6 Å². The molecule has 0 aliphatic carbocycles. The normalized spacial score (nSPS) is 10.8. The number of hydrogen-bond acceptors (Lipinski definition) is 3. The molecule has 0 aliphatic heterocycles. The molecule has 0 unspecified atom stereocenters. The van der Waals surface area contributed by atoms with Crippen molar-refractivity contribution in [3.63, 3.8) is 0 Å². The minimum Gasteiger partial charge on any atom is -0.497 e. The molecule has 84 valence electrons. The van der Waals surface area contributed by atoms with Crippen LogP contribution >= 0.6 is 12.2 Å². The van der Waals surface area contributed by atoms with Gasteiger partial charge in [0, 0.05) is 6.21 Å². The third-order valence-corrected chi connectivity index (χ3v) is 1.83. The number of ether oxygens (including phenoxy) is 1. The lowest BCUT2D eigenvalue weighted by atomic mass is 10.2. The van der Waals surface area contributed by atoms with Gasteiger partial charge in [-0.2, -0.15) is 5.10 Å². The lowest BCUT2D eigenvalue weighted by Crippen LogP contribution is -2.23. The minimum atomic E-state index is 0.147. The fourth-order valence-corrected chi connectivity index (χ4v) is 1.07. The first kappa shape index (κ1) is 12.2. The van der Waals surface area contributed by atoms with Gasteiger partial charge in [-0.3, -0.25) is 5.43 Å². The zero-order chi connectivity index (χ0) is 11.8. The van der Waals surface area contributed by atoms with Gasteiger partial charge < -0.3 is 10.5 Å². The van der Waals surface area contributed by atoms with E-state index < -0.39 is 0 Å². The Morgan fingerprint density at radius 2 is 2.12 bits per heavy atom. The summed E-state index contributed by atoms with van der Waals surface area (Å²) in [5.41, 5.74) is 8.70. The number of rotatable bonds is 4. The topological polar surface area (TPSA) is 59.6 Å². The molecule has 0 spiro atoms. The lowest BCUT2D eigenvalue weighted by molar-refractivity contribution is 0.415. The maximum atomic E-state index is 5.19. The van der Waals surface area contributed by atoms with Crippen LogP contribution in [0.4, 0.5) is 0 Å². The summed E-state index contributed by atoms with van der Waals surface area (Å²) >= 11 is 4.58. The third-order valence-electron chi connectivity index (χ3n) is 1.74. The Kier molecular flexibility index (Phi) is 5.01. The summed E-state index contributed by atoms with van der Waals surface area (Å²) in [5.74, 6) is 0.834. The average Bonchev–Trinajstić information content (AvgIpc) is 2.29. The van der Waals surface area contributed by atoms with Crippen molar-refractivity contribution in [3.8, 4) is 5.75 Å². The van der Waals surface area contributed by atoms with Gasteiger partial charge in [-0.25, -0.2) is 0 Å². The molecule has 5 heteroatoms. The van der Waals surface area contributed by atoms with Crippen LogP contribution in [-0.4, -0.2) is 18.4 Å². The Balaban J connectivity index is 2.49. The number of methoxy groups -OCH3 is 1. The summed E-state index contributed by atoms with van der Waals surface area (Å²) in [6, 6.07) is 7.68. The molecule has 0 bridgehead atoms. The van der Waals surface area contributed by atoms with Gasteiger partial charge in [-0.15, -0.1) is 0 Å². The van der Waals surface area contributed by atoms with Crippen molar-refractivity contribution in [2.24, 2.45) is 10.8 Å². The maximum Gasteiger partial charge on any atom is 0.184 e. The van der Waals surface area contributed by atoms with Crippen LogP contribution in [0.5, 0.6) is 5.75 Å². The molecule has 0 aliphatic rings. The van der Waals surface area contributed by atoms with Crippen LogP contribution in [0.1, 0.15) is 5.56 Å². The first-order valence-electron chi connectivity index (χ1n) is 4.61. The summed E-state index contributed by atoms with van der Waals surface area (Å²) in [5, 5.41) is 3.91. The van der Waals surface area contributed by atoms with Gasteiger partial charge in [0.25, 0.3) is 0 Å². The molecular formula is C11H13N3OS. The van der Waals surface area contributed by atoms with E-state index in [0.717, 1.165) is 11.3 Å². The highest BCUT2D eigenvalue weighted by Crippen LogP contribution is 2.11. The molecule has 0 saturated carbocycles. The predicted octanol–water partition coefficient (Wildman–Crippen LogP) is 1.53. The van der Waals surface area contributed by atoms with Gasteiger partial charge in [-0.1, -0.05) is 18.2 Å². The van der Waals surface area contributed by atoms with Gasteiger partial charge >= 0.3 is 0 Å². The van der Waals surface area contributed by atoms with Crippen LogP contribution in [0.15, 0.2) is 35.4 Å². The monoisotopic (exact) mass is 235 g/mol. The van der Waals surface area contributed by atoms with Crippen LogP contribution < -0.4 is 15.9 Å². The van der Waals surface area contributed by atoms with Crippen molar-refractivity contribution in [1.82, 2.24) is 5.43 Å². The van der Waals surface area contributed by atoms with Crippen molar-refractivity contribution in [1.29, 1.82) is 0 Å². The number of nitrogens with two attached hydrogens (primary N) is 1. The second-order valence-electron chi connectivity index (χ2n) is 2.89.